The molecule has 0 aromatic heterocycles. The molecule has 1 fully saturated rings. The number of fused-ring (bicyclic) bond motifs is 1. The van der Waals surface area contributed by atoms with Gasteiger partial charge in [-0.2, -0.15) is 0 Å². The number of carbonyl (C=O) groups is 1. The Bertz CT molecular complexity index is 452. The second kappa shape index (κ2) is 5.64. The predicted molar refractivity (Wildman–Crippen MR) is 74.3 cm³/mol. The second-order valence-corrected chi connectivity index (χ2v) is 5.63. The van der Waals surface area contributed by atoms with Gasteiger partial charge in [0.15, 0.2) is 0 Å². The molecule has 3 heteroatoms. The third-order valence-corrected chi connectivity index (χ3v) is 4.30. The van der Waals surface area contributed by atoms with Crippen LogP contribution in [0.2, 0.25) is 0 Å². The number of carbonyl (C=O) groups excluding carboxylic acids is 1. The third-order valence-electron chi connectivity index (χ3n) is 4.30. The number of ether oxygens (including phenoxy) is 1. The lowest BCUT2D eigenvalue weighted by atomic mass is 9.88. The van der Waals surface area contributed by atoms with E-state index in [1.54, 1.807) is 0 Å². The van der Waals surface area contributed by atoms with Crippen LogP contribution in [0.25, 0.3) is 0 Å². The first-order valence-corrected chi connectivity index (χ1v) is 7.34. The highest BCUT2D eigenvalue weighted by Gasteiger charge is 2.26. The second-order valence-electron chi connectivity index (χ2n) is 5.63. The van der Waals surface area contributed by atoms with E-state index in [0.717, 1.165) is 18.6 Å². The summed E-state index contributed by atoms with van der Waals surface area (Å²) in [5.41, 5.74) is 1.23. The molecule has 1 aliphatic heterocycles. The van der Waals surface area contributed by atoms with E-state index in [2.05, 4.69) is 11.4 Å². The normalized spacial score (nSPS) is 22.6. The van der Waals surface area contributed by atoms with E-state index >= 15 is 0 Å². The minimum atomic E-state index is 0.240. The molecule has 1 aromatic rings. The molecule has 1 heterocycles. The highest BCUT2D eigenvalue weighted by atomic mass is 16.5. The quantitative estimate of drug-likeness (QED) is 0.906. The molecule has 1 N–H and O–H groups in total. The standard InChI is InChI=1S/C16H21NO2/c18-16(12-6-2-1-3-7-12)17-10-13-11-19-15-9-5-4-8-14(13)15/h4-5,8-9,12-13H,1-3,6-7,10-11H2,(H,17,18). The van der Waals surface area contributed by atoms with Gasteiger partial charge in [-0.25, -0.2) is 0 Å². The first kappa shape index (κ1) is 12.5. The molecule has 1 saturated carbocycles. The van der Waals surface area contributed by atoms with Gasteiger partial charge in [0.05, 0.1) is 6.61 Å². The van der Waals surface area contributed by atoms with Crippen molar-refractivity contribution in [1.82, 2.24) is 5.32 Å². The minimum Gasteiger partial charge on any atom is -0.493 e. The molecule has 1 unspecified atom stereocenters. The van der Waals surface area contributed by atoms with Gasteiger partial charge < -0.3 is 10.1 Å². The summed E-state index contributed by atoms with van der Waals surface area (Å²) >= 11 is 0. The van der Waals surface area contributed by atoms with Crippen molar-refractivity contribution in [2.75, 3.05) is 13.2 Å². The average Bonchev–Trinajstić information content (AvgIpc) is 2.89. The molecular weight excluding hydrogens is 238 g/mol. The van der Waals surface area contributed by atoms with E-state index in [1.165, 1.54) is 24.8 Å². The van der Waals surface area contributed by atoms with Crippen molar-refractivity contribution < 1.29 is 9.53 Å². The van der Waals surface area contributed by atoms with Crippen molar-refractivity contribution in [3.8, 4) is 5.75 Å². The van der Waals surface area contributed by atoms with Crippen LogP contribution in [-0.2, 0) is 4.79 Å². The molecule has 1 aromatic carbocycles. The van der Waals surface area contributed by atoms with Gasteiger partial charge in [0.25, 0.3) is 0 Å². The zero-order chi connectivity index (χ0) is 13.1. The van der Waals surface area contributed by atoms with E-state index < -0.39 is 0 Å². The third kappa shape index (κ3) is 2.75. The maximum atomic E-state index is 12.1. The Morgan fingerprint density at radius 2 is 2.00 bits per heavy atom. The van der Waals surface area contributed by atoms with Crippen LogP contribution in [0.3, 0.4) is 0 Å². The van der Waals surface area contributed by atoms with Crippen LogP contribution in [0.15, 0.2) is 24.3 Å². The topological polar surface area (TPSA) is 38.3 Å². The van der Waals surface area contributed by atoms with E-state index in [0.29, 0.717) is 19.1 Å². The lowest BCUT2D eigenvalue weighted by Gasteiger charge is -2.21. The summed E-state index contributed by atoms with van der Waals surface area (Å²) in [6, 6.07) is 8.11. The fourth-order valence-electron chi connectivity index (χ4n) is 3.13. The average molecular weight is 259 g/mol. The number of hydrogen-bond donors (Lipinski definition) is 1. The lowest BCUT2D eigenvalue weighted by Crippen LogP contribution is -2.35. The number of amides is 1. The van der Waals surface area contributed by atoms with Gasteiger partial charge in [-0.15, -0.1) is 0 Å². The zero-order valence-corrected chi connectivity index (χ0v) is 11.2. The van der Waals surface area contributed by atoms with Gasteiger partial charge >= 0.3 is 0 Å². The monoisotopic (exact) mass is 259 g/mol. The summed E-state index contributed by atoms with van der Waals surface area (Å²) < 4.78 is 5.64. The van der Waals surface area contributed by atoms with E-state index in [1.807, 2.05) is 18.2 Å². The van der Waals surface area contributed by atoms with Gasteiger partial charge in [-0.3, -0.25) is 4.79 Å². The summed E-state index contributed by atoms with van der Waals surface area (Å²) in [6.45, 7) is 1.39. The Labute approximate surface area is 114 Å². The summed E-state index contributed by atoms with van der Waals surface area (Å²) in [5.74, 6) is 1.76. The molecule has 0 spiro atoms. The first-order valence-electron chi connectivity index (χ1n) is 7.34. The van der Waals surface area contributed by atoms with Crippen LogP contribution in [0, 0.1) is 5.92 Å². The van der Waals surface area contributed by atoms with Crippen LogP contribution >= 0.6 is 0 Å². The highest BCUT2D eigenvalue weighted by molar-refractivity contribution is 5.78. The van der Waals surface area contributed by atoms with Gasteiger partial charge in [-0.1, -0.05) is 37.5 Å². The lowest BCUT2D eigenvalue weighted by molar-refractivity contribution is -0.126. The van der Waals surface area contributed by atoms with Crippen LogP contribution in [0.5, 0.6) is 5.75 Å². The molecule has 1 aliphatic carbocycles. The molecule has 0 saturated heterocycles. The Kier molecular flexibility index (Phi) is 3.72. The molecule has 102 valence electrons. The Balaban J connectivity index is 1.54. The SMILES string of the molecule is O=C(NCC1COc2ccccc21)C1CCCCC1. The van der Waals surface area contributed by atoms with Gasteiger partial charge in [0.1, 0.15) is 5.75 Å². The largest absolute Gasteiger partial charge is 0.493 e. The number of rotatable bonds is 3. The van der Waals surface area contributed by atoms with E-state index in [9.17, 15) is 4.79 Å². The van der Waals surface area contributed by atoms with E-state index in [-0.39, 0.29) is 11.8 Å². The van der Waals surface area contributed by atoms with Crippen molar-refractivity contribution in [3.63, 3.8) is 0 Å². The maximum absolute atomic E-state index is 12.1. The molecule has 1 amide bonds. The predicted octanol–water partition coefficient (Wildman–Crippen LogP) is 2.86. The Hall–Kier alpha value is -1.51. The van der Waals surface area contributed by atoms with E-state index in [4.69, 9.17) is 4.74 Å². The Morgan fingerprint density at radius 3 is 2.84 bits per heavy atom. The summed E-state index contributed by atoms with van der Waals surface area (Å²) in [7, 11) is 0. The van der Waals surface area contributed by atoms with Crippen LogP contribution < -0.4 is 10.1 Å². The van der Waals surface area contributed by atoms with Crippen LogP contribution in [-0.4, -0.2) is 19.1 Å². The molecule has 2 aliphatic rings. The number of nitrogens with one attached hydrogen (secondary N) is 1. The fourth-order valence-corrected chi connectivity index (χ4v) is 3.13. The molecule has 3 rings (SSSR count). The number of para-hydroxylation sites is 1. The van der Waals surface area contributed by atoms with Crippen molar-refractivity contribution in [2.24, 2.45) is 5.92 Å². The molecule has 0 radical (unpaired) electrons. The molecular formula is C16H21NO2. The molecule has 1 atom stereocenters. The fraction of sp³-hybridized carbons (Fsp3) is 0.562. The van der Waals surface area contributed by atoms with Gasteiger partial charge in [-0.05, 0) is 18.9 Å². The molecule has 19 heavy (non-hydrogen) atoms. The minimum absolute atomic E-state index is 0.240. The van der Waals surface area contributed by atoms with Crippen molar-refractivity contribution >= 4 is 5.91 Å². The maximum Gasteiger partial charge on any atom is 0.223 e. The molecule has 3 nitrogen and oxygen atoms in total. The van der Waals surface area contributed by atoms with Crippen LogP contribution in [0.4, 0.5) is 0 Å². The van der Waals surface area contributed by atoms with Crippen molar-refractivity contribution in [2.45, 2.75) is 38.0 Å². The first-order chi connectivity index (χ1) is 9.34. The molecule has 0 bridgehead atoms. The van der Waals surface area contributed by atoms with Gasteiger partial charge in [0.2, 0.25) is 5.91 Å². The van der Waals surface area contributed by atoms with Gasteiger partial charge in [0, 0.05) is 23.9 Å². The highest BCUT2D eigenvalue weighted by Crippen LogP contribution is 2.33. The number of benzene rings is 1. The van der Waals surface area contributed by atoms with Crippen LogP contribution in [0.1, 0.15) is 43.6 Å². The number of hydrogen-bond acceptors (Lipinski definition) is 2. The van der Waals surface area contributed by atoms with Crippen molar-refractivity contribution in [1.29, 1.82) is 0 Å². The zero-order valence-electron chi connectivity index (χ0n) is 11.2. The summed E-state index contributed by atoms with van der Waals surface area (Å²) in [4.78, 5) is 12.1. The summed E-state index contributed by atoms with van der Waals surface area (Å²) in [6.07, 6.45) is 5.81. The van der Waals surface area contributed by atoms with Crippen molar-refractivity contribution in [3.05, 3.63) is 29.8 Å². The summed E-state index contributed by atoms with van der Waals surface area (Å²) in [5, 5.41) is 3.12. The smallest absolute Gasteiger partial charge is 0.223 e. The Morgan fingerprint density at radius 1 is 1.21 bits per heavy atom.